The molecule has 0 spiro atoms. The highest BCUT2D eigenvalue weighted by atomic mass is 32.1. The number of esters is 3. The predicted octanol–water partition coefficient (Wildman–Crippen LogP) is -1.95. The van der Waals surface area contributed by atoms with Crippen LogP contribution in [0.5, 0.6) is 0 Å². The van der Waals surface area contributed by atoms with Crippen molar-refractivity contribution in [3.63, 3.8) is 0 Å². The minimum absolute atomic E-state index is 0.0212. The molecule has 1 rings (SSSR count). The maximum absolute atomic E-state index is 13.9. The average molecular weight is 1240 g/mol. The Morgan fingerprint density at radius 2 is 0.918 bits per heavy atom. The Bertz CT molecular complexity index is 2640. The van der Waals surface area contributed by atoms with Crippen LogP contribution in [0.4, 0.5) is 0 Å². The molecule has 0 heterocycles. The number of thiol groups is 2. The molecule has 0 bridgehead atoms. The van der Waals surface area contributed by atoms with Gasteiger partial charge in [0.2, 0.25) is 23.6 Å². The van der Waals surface area contributed by atoms with Gasteiger partial charge < -0.3 is 55.9 Å². The van der Waals surface area contributed by atoms with Crippen molar-refractivity contribution in [2.45, 2.75) is 113 Å². The number of hydrogen-bond acceptors (Lipinski definition) is 22. The first-order valence-electron chi connectivity index (χ1n) is 25.8. The zero-order valence-electron chi connectivity index (χ0n) is 46.6. The Morgan fingerprint density at radius 3 is 1.34 bits per heavy atom. The van der Waals surface area contributed by atoms with Gasteiger partial charge in [-0.3, -0.25) is 73.8 Å². The number of methoxy groups -OCH3 is 3. The van der Waals surface area contributed by atoms with E-state index in [2.05, 4.69) is 99.9 Å². The van der Waals surface area contributed by atoms with Gasteiger partial charge in [-0.15, -0.1) is 0 Å². The summed E-state index contributed by atoms with van der Waals surface area (Å²) in [4.78, 5) is 175. The van der Waals surface area contributed by atoms with Gasteiger partial charge in [0, 0.05) is 41.1 Å². The van der Waals surface area contributed by atoms with Gasteiger partial charge in [-0.2, -0.15) is 25.3 Å². The number of nitrogens with one attached hydrogen (secondary N) is 10. The van der Waals surface area contributed by atoms with Crippen molar-refractivity contribution in [1.82, 2.24) is 53.8 Å². The largest absolute Gasteiger partial charge is 0.481 e. The smallest absolute Gasteiger partial charge is 0.328 e. The summed E-state index contributed by atoms with van der Waals surface area (Å²) >= 11 is 8.12. The van der Waals surface area contributed by atoms with Crippen molar-refractivity contribution in [2.24, 2.45) is 0 Å². The van der Waals surface area contributed by atoms with E-state index in [-0.39, 0.29) is 66.7 Å². The minimum atomic E-state index is -1.64. The zero-order valence-corrected chi connectivity index (χ0v) is 48.4. The van der Waals surface area contributed by atoms with Crippen molar-refractivity contribution >= 4 is 114 Å². The summed E-state index contributed by atoms with van der Waals surface area (Å²) < 4.78 is 13.7. The van der Waals surface area contributed by atoms with Gasteiger partial charge >= 0.3 is 41.8 Å². The van der Waals surface area contributed by atoms with E-state index >= 15 is 0 Å². The van der Waals surface area contributed by atoms with Crippen LogP contribution in [-0.2, 0) is 81.3 Å². The van der Waals surface area contributed by atoms with Crippen molar-refractivity contribution in [1.29, 1.82) is 0 Å². The Labute approximate surface area is 498 Å². The fourth-order valence-electron chi connectivity index (χ4n) is 6.97. The molecule has 0 aliphatic heterocycles. The lowest BCUT2D eigenvalue weighted by molar-refractivity contribution is -0.149. The lowest BCUT2D eigenvalue weighted by Gasteiger charge is -2.24. The molecule has 6 atom stereocenters. The van der Waals surface area contributed by atoms with Gasteiger partial charge in [-0.25, -0.2) is 25.9 Å². The van der Waals surface area contributed by atoms with E-state index in [1.165, 1.54) is 12.2 Å². The number of hydrogen-bond donors (Lipinski definition) is 16. The fraction of sp³-hybridized carbons (Fsp3) is 0.462. The normalized spacial score (nSPS) is 13.4. The summed E-state index contributed by atoms with van der Waals surface area (Å²) in [5, 5.41) is 46.1. The molecule has 0 saturated heterocycles. The van der Waals surface area contributed by atoms with Crippen LogP contribution in [0.2, 0.25) is 0 Å². The minimum Gasteiger partial charge on any atom is -0.481 e. The summed E-state index contributed by atoms with van der Waals surface area (Å²) in [6, 6.07) is -0.137. The summed E-state index contributed by atoms with van der Waals surface area (Å²) in [6.45, 7) is 3.30. The van der Waals surface area contributed by atoms with Crippen LogP contribution in [0.25, 0.3) is 6.08 Å². The molecular formula is C52H72N10O21S2. The quantitative estimate of drug-likeness (QED) is 0.0111. The molecule has 0 fully saturated rings. The monoisotopic (exact) mass is 1240 g/mol. The average Bonchev–Trinajstić information content (AvgIpc) is 3.65. The van der Waals surface area contributed by atoms with E-state index in [1.807, 2.05) is 30.3 Å². The number of rotatable bonds is 42. The van der Waals surface area contributed by atoms with Crippen molar-refractivity contribution in [2.75, 3.05) is 39.4 Å². The van der Waals surface area contributed by atoms with Crippen LogP contribution < -0.4 is 53.8 Å². The number of benzene rings is 1. The van der Waals surface area contributed by atoms with Gasteiger partial charge in [0.25, 0.3) is 17.7 Å². The third kappa shape index (κ3) is 31.0. The van der Waals surface area contributed by atoms with Gasteiger partial charge in [0.05, 0.1) is 34.2 Å². The van der Waals surface area contributed by atoms with Gasteiger partial charge in [0.1, 0.15) is 42.8 Å². The zero-order chi connectivity index (χ0) is 64.0. The Hall–Kier alpha value is -8.66. The van der Waals surface area contributed by atoms with Crippen LogP contribution in [-0.4, -0.2) is 179 Å². The Morgan fingerprint density at radius 1 is 0.506 bits per heavy atom. The number of amides is 7. The topological polar surface area (TPSA) is 468 Å². The molecule has 85 heavy (non-hydrogen) atoms. The molecule has 33 heteroatoms. The maximum atomic E-state index is 13.9. The molecule has 0 radical (unpaired) electrons. The highest BCUT2D eigenvalue weighted by Gasteiger charge is 2.33. The number of carbonyl (C=O) groups is 14. The fourth-order valence-corrected chi connectivity index (χ4v) is 7.48. The van der Waals surface area contributed by atoms with Gasteiger partial charge in [-0.05, 0) is 56.9 Å². The summed E-state index contributed by atoms with van der Waals surface area (Å²) in [5.74, 6) is -15.8. The molecule has 0 aliphatic rings. The van der Waals surface area contributed by atoms with Crippen molar-refractivity contribution in [3.05, 3.63) is 77.4 Å². The number of aliphatic carboxylic acids is 4. The summed E-state index contributed by atoms with van der Waals surface area (Å²) in [5.41, 5.74) is 15.2. The van der Waals surface area contributed by atoms with E-state index in [4.69, 9.17) is 5.11 Å². The van der Waals surface area contributed by atoms with Crippen LogP contribution in [0.3, 0.4) is 0 Å². The van der Waals surface area contributed by atoms with E-state index < -0.39 is 164 Å². The van der Waals surface area contributed by atoms with E-state index in [0.29, 0.717) is 0 Å². The lowest BCUT2D eigenvalue weighted by Crippen LogP contribution is -2.58. The molecule has 468 valence electrons. The molecule has 14 N–H and O–H groups in total. The van der Waals surface area contributed by atoms with E-state index in [9.17, 15) is 82.4 Å². The first-order valence-corrected chi connectivity index (χ1v) is 27.0. The predicted molar refractivity (Wildman–Crippen MR) is 304 cm³/mol. The van der Waals surface area contributed by atoms with Gasteiger partial charge in [0.15, 0.2) is 0 Å². The van der Waals surface area contributed by atoms with Crippen molar-refractivity contribution < 1.29 is 102 Å². The Kier molecular flexibility index (Phi) is 36.2. The number of carbonyl (C=O) groups excluding carboxylic acids is 10. The first kappa shape index (κ1) is 74.4. The number of carboxylic acid groups (broad SMARTS) is 4. The van der Waals surface area contributed by atoms with Crippen LogP contribution in [0.1, 0.15) is 82.6 Å². The standard InChI is InChI=1S/C52H72N10O21S2/c1-29(44(72)61-58-33(20-22-39(63)64)47(75)56-37(27-84)49(77)54-35(24-41(67)68)51(79)82-3)12-10-17-32(45(73)60-53-26-43(71)81-2)19-11-18-31(16-9-8-15-30-13-6-5-7-14-30)46(74)62-59-34(21-23-40(65)66)48(76)57-38(28-85)50(78)55-36(25-42(69)70)52(80)83-4/h5-8,13-15,17-18,33-38,53,58-59,84-85H,1,9-12,16,19-28H2,2-4H3,(H,54,77)(H,55,78)(H,56,75)(H,57,76)(H,60,73)(H,61,72)(H,62,74)(H,63,64)(H,65,66)(H,67,68)(H,69,70)/b15-8?,31-18+,32-17+/t33-,34-,35-,36-,37?,38?/m0/s1. The molecule has 0 saturated carbocycles. The lowest BCUT2D eigenvalue weighted by atomic mass is 10.0. The first-order chi connectivity index (χ1) is 40.3. The molecule has 1 aromatic carbocycles. The SMILES string of the molecule is C=C(CC/C=C(\CC/C=C(\CCC=Cc1ccccc1)C(=O)NN[C@@H](CCC(=O)O)C(=O)NC(CS)C(=O)N[C@@H](CC(=O)O)C(=O)OC)C(=O)NNCC(=O)OC)C(=O)NN[C@@H](CCC(=O)O)C(=O)NC(CS)C(=O)N[C@@H](CC(=O)O)C(=O)OC. The second-order valence-corrected chi connectivity index (χ2v) is 18.6. The van der Waals surface area contributed by atoms with E-state index in [1.54, 1.807) is 12.2 Å². The van der Waals surface area contributed by atoms with Crippen LogP contribution >= 0.6 is 25.3 Å². The van der Waals surface area contributed by atoms with Crippen LogP contribution in [0.15, 0.2) is 71.9 Å². The molecule has 7 amide bonds. The molecule has 0 aromatic heterocycles. The highest BCUT2D eigenvalue weighted by molar-refractivity contribution is 7.80. The third-order valence-corrected chi connectivity index (χ3v) is 12.3. The molecule has 2 unspecified atom stereocenters. The number of hydrazine groups is 3. The van der Waals surface area contributed by atoms with Gasteiger partial charge in [-0.1, -0.05) is 61.2 Å². The highest BCUT2D eigenvalue weighted by Crippen LogP contribution is 2.16. The molecular weight excluding hydrogens is 1160 g/mol. The number of allylic oxidation sites excluding steroid dienone is 3. The second-order valence-electron chi connectivity index (χ2n) is 17.9. The van der Waals surface area contributed by atoms with Crippen LogP contribution in [0, 0.1) is 0 Å². The maximum Gasteiger partial charge on any atom is 0.328 e. The summed E-state index contributed by atoms with van der Waals surface area (Å²) in [7, 11) is 3.04. The molecule has 1 aromatic rings. The second kappa shape index (κ2) is 41.4. The van der Waals surface area contributed by atoms with E-state index in [0.717, 1.165) is 26.9 Å². The Balaban J connectivity index is 3.44. The summed E-state index contributed by atoms with van der Waals surface area (Å²) in [6.07, 6.45) is 2.73. The third-order valence-electron chi connectivity index (χ3n) is 11.5. The number of carboxylic acids is 4. The molecule has 31 nitrogen and oxygen atoms in total. The number of ether oxygens (including phenoxy) is 3. The van der Waals surface area contributed by atoms with Crippen molar-refractivity contribution in [3.8, 4) is 0 Å². The molecule has 0 aliphatic carbocycles.